The van der Waals surface area contributed by atoms with Crippen molar-refractivity contribution in [1.29, 1.82) is 0 Å². The Morgan fingerprint density at radius 3 is 1.27 bits per heavy atom. The first-order chi connectivity index (χ1) is 40.8. The molecule has 0 fully saturated rings. The maximum atomic E-state index is 13.5. The number of hydrogen-bond donors (Lipinski definition) is 4. The number of carbonyl (C=O) groups excluding carboxylic acids is 9. The van der Waals surface area contributed by atoms with E-state index in [0.29, 0.717) is 143 Å². The Balaban J connectivity index is 4.67. The van der Waals surface area contributed by atoms with E-state index in [1.54, 1.807) is 6.92 Å². The van der Waals surface area contributed by atoms with Crippen LogP contribution in [0.3, 0.4) is 0 Å². The summed E-state index contributed by atoms with van der Waals surface area (Å²) in [5.74, 6) is -2.61. The van der Waals surface area contributed by atoms with Crippen LogP contribution in [0.15, 0.2) is 0 Å². The lowest BCUT2D eigenvalue weighted by molar-refractivity contribution is -0.143. The fraction of sp³-hybridized carbons (Fsp3) is 0.852. The van der Waals surface area contributed by atoms with E-state index in [4.69, 9.17) is 48.4 Å². The molecule has 0 heterocycles. The third-order valence-corrected chi connectivity index (χ3v) is 14.0. The minimum atomic E-state index is -1.16. The number of esters is 1. The van der Waals surface area contributed by atoms with Crippen LogP contribution in [0.5, 0.6) is 0 Å². The molecule has 2 atom stereocenters. The van der Waals surface area contributed by atoms with Gasteiger partial charge in [0.15, 0.2) is 23.1 Å². The Morgan fingerprint density at radius 2 is 0.810 bits per heavy atom. The van der Waals surface area contributed by atoms with Crippen molar-refractivity contribution in [3.63, 3.8) is 0 Å². The van der Waals surface area contributed by atoms with Crippen molar-refractivity contribution in [3.8, 4) is 0 Å². The molecule has 22 nitrogen and oxygen atoms in total. The van der Waals surface area contributed by atoms with Crippen molar-refractivity contribution in [2.45, 2.75) is 206 Å². The van der Waals surface area contributed by atoms with Gasteiger partial charge in [-0.3, -0.25) is 38.4 Å². The van der Waals surface area contributed by atoms with Gasteiger partial charge in [0.2, 0.25) is 17.7 Å². The fourth-order valence-electron chi connectivity index (χ4n) is 8.19. The van der Waals surface area contributed by atoms with E-state index in [-0.39, 0.29) is 87.0 Å². The lowest BCUT2D eigenvalue weighted by Crippen LogP contribution is -2.46. The lowest BCUT2D eigenvalue weighted by atomic mass is 10.0. The van der Waals surface area contributed by atoms with Gasteiger partial charge in [0.05, 0.1) is 65.5 Å². The van der Waals surface area contributed by atoms with Crippen LogP contribution in [-0.2, 0) is 85.8 Å². The van der Waals surface area contributed by atoms with Gasteiger partial charge < -0.3 is 68.9 Å². The molecule has 488 valence electrons. The van der Waals surface area contributed by atoms with Crippen LogP contribution in [0.4, 0.5) is 0 Å². The zero-order chi connectivity index (χ0) is 61.8. The Hall–Kier alpha value is -3.78. The molecule has 0 aliphatic carbocycles. The number of rotatable bonds is 67. The molecule has 5 N–H and O–H groups in total. The smallest absolute Gasteiger partial charge is 0.305 e. The standard InChI is InChI=1S/C61H109N3O19S/c1-3-4-5-6-7-8-9-10-11-12-13-14-15-28-61(74)83-43-44-84-50-55(64-60(73)49-82-47-53(68)26-18-22-33-77-36-40-79-39-35-75-31-20-16-24-51(2)66)57(70)29-30-59(72)63-54(45-65)56(69)27-19-23-34-78-38-42-80-41-37-76-32-21-17-25-52(67)46-81-48-58(62)71/h54-55,65H,3-50H2,1-2H3,(H2,62,71)(H,63,72)(H,64,73)/t54-,55+/m1/s1. The van der Waals surface area contributed by atoms with Gasteiger partial charge in [0.1, 0.15) is 44.9 Å². The molecule has 0 saturated carbocycles. The second-order valence-electron chi connectivity index (χ2n) is 20.9. The molecule has 0 unspecified atom stereocenters. The molecule has 0 aromatic heterocycles. The SMILES string of the molecule is CCCCCCCCCCCCCCCC(=O)OCCSC[C@H](NC(=O)COCC(=O)CCCCOCCOCCOCCCCC(C)=O)C(=O)CCC(=O)N[C@H](CO)C(=O)CCCCOCCOCCOCCCCC(=O)COCC(N)=O. The molecule has 0 aromatic carbocycles. The largest absolute Gasteiger partial charge is 0.465 e. The van der Waals surface area contributed by atoms with Crippen LogP contribution in [0.2, 0.25) is 0 Å². The highest BCUT2D eigenvalue weighted by molar-refractivity contribution is 7.99. The molecule has 0 spiro atoms. The van der Waals surface area contributed by atoms with Gasteiger partial charge >= 0.3 is 5.97 Å². The number of amides is 3. The van der Waals surface area contributed by atoms with Crippen LogP contribution in [-0.4, -0.2) is 200 Å². The van der Waals surface area contributed by atoms with E-state index in [2.05, 4.69) is 17.6 Å². The van der Waals surface area contributed by atoms with Gasteiger partial charge in [0.25, 0.3) is 0 Å². The van der Waals surface area contributed by atoms with Gasteiger partial charge in [-0.15, -0.1) is 0 Å². The summed E-state index contributed by atoms with van der Waals surface area (Å²) in [5.41, 5.74) is 4.97. The molecule has 0 bridgehead atoms. The third-order valence-electron chi connectivity index (χ3n) is 13.0. The van der Waals surface area contributed by atoms with Gasteiger partial charge in [0, 0.05) is 82.9 Å². The monoisotopic (exact) mass is 1220 g/mol. The predicted molar refractivity (Wildman–Crippen MR) is 321 cm³/mol. The van der Waals surface area contributed by atoms with E-state index in [0.717, 1.165) is 32.1 Å². The Labute approximate surface area is 505 Å². The summed E-state index contributed by atoms with van der Waals surface area (Å²) in [5, 5.41) is 15.1. The van der Waals surface area contributed by atoms with Crippen LogP contribution in [0.25, 0.3) is 0 Å². The van der Waals surface area contributed by atoms with Crippen molar-refractivity contribution >= 4 is 64.4 Å². The molecule has 0 saturated heterocycles. The third kappa shape index (κ3) is 57.3. The van der Waals surface area contributed by atoms with Crippen LogP contribution in [0, 0.1) is 0 Å². The summed E-state index contributed by atoms with van der Waals surface area (Å²) in [7, 11) is 0. The number of carbonyl (C=O) groups is 9. The minimum absolute atomic E-state index is 0.0860. The summed E-state index contributed by atoms with van der Waals surface area (Å²) in [6.45, 7) is 7.25. The lowest BCUT2D eigenvalue weighted by Gasteiger charge is -2.18. The molecule has 0 aromatic rings. The topological polar surface area (TPSA) is 307 Å². The summed E-state index contributed by atoms with van der Waals surface area (Å²) in [6, 6.07) is -2.19. The number of ether oxygens (including phenoxy) is 9. The highest BCUT2D eigenvalue weighted by atomic mass is 32.2. The van der Waals surface area contributed by atoms with Crippen molar-refractivity contribution in [1.82, 2.24) is 10.6 Å². The first kappa shape index (κ1) is 80.2. The number of aliphatic hydroxyl groups is 1. The Kier molecular flexibility index (Phi) is 58.1. The summed E-state index contributed by atoms with van der Waals surface area (Å²) in [6.07, 6.45) is 21.9. The average molecular weight is 1220 g/mol. The maximum absolute atomic E-state index is 13.5. The highest BCUT2D eigenvalue weighted by Gasteiger charge is 2.24. The molecule has 84 heavy (non-hydrogen) atoms. The minimum Gasteiger partial charge on any atom is -0.465 e. The molecular formula is C61H109N3O19S. The molecular weight excluding hydrogens is 1110 g/mol. The average Bonchev–Trinajstić information content (AvgIpc) is 3.47. The first-order valence-corrected chi connectivity index (χ1v) is 32.4. The predicted octanol–water partition coefficient (Wildman–Crippen LogP) is 6.65. The first-order valence-electron chi connectivity index (χ1n) is 31.2. The molecule has 0 radical (unpaired) electrons. The van der Waals surface area contributed by atoms with Crippen molar-refractivity contribution < 1.29 is 90.9 Å². The summed E-state index contributed by atoms with van der Waals surface area (Å²) >= 11 is 1.29. The van der Waals surface area contributed by atoms with Crippen molar-refractivity contribution in [3.05, 3.63) is 0 Å². The van der Waals surface area contributed by atoms with Gasteiger partial charge in [-0.25, -0.2) is 0 Å². The van der Waals surface area contributed by atoms with Crippen LogP contribution >= 0.6 is 11.8 Å². The number of thioether (sulfide) groups is 1. The summed E-state index contributed by atoms with van der Waals surface area (Å²) < 4.78 is 48.8. The number of aliphatic hydroxyl groups excluding tert-OH is 1. The van der Waals surface area contributed by atoms with Crippen molar-refractivity contribution in [2.75, 3.05) is 130 Å². The Bertz CT molecular complexity index is 1710. The van der Waals surface area contributed by atoms with E-state index in [1.165, 1.54) is 76.0 Å². The van der Waals surface area contributed by atoms with Gasteiger partial charge in [-0.1, -0.05) is 84.0 Å². The number of nitrogens with two attached hydrogens (primary N) is 1. The van der Waals surface area contributed by atoms with E-state index < -0.39 is 48.8 Å². The molecule has 0 aliphatic rings. The second-order valence-corrected chi connectivity index (χ2v) is 22.0. The van der Waals surface area contributed by atoms with E-state index in [9.17, 15) is 48.3 Å². The fourth-order valence-corrected chi connectivity index (χ4v) is 9.06. The van der Waals surface area contributed by atoms with E-state index >= 15 is 0 Å². The number of primary amides is 1. The second kappa shape index (κ2) is 60.9. The number of ketones is 5. The normalized spacial score (nSPS) is 12.0. The quantitative estimate of drug-likeness (QED) is 0.0366. The van der Waals surface area contributed by atoms with Crippen molar-refractivity contribution in [2.24, 2.45) is 5.73 Å². The van der Waals surface area contributed by atoms with E-state index in [1.807, 2.05) is 0 Å². The van der Waals surface area contributed by atoms with Gasteiger partial charge in [-0.05, 0) is 64.7 Å². The number of hydrogen-bond acceptors (Lipinski definition) is 20. The molecule has 23 heteroatoms. The molecule has 0 aliphatic heterocycles. The molecule has 0 rings (SSSR count). The molecule has 3 amide bonds. The number of nitrogens with one attached hydrogen (secondary N) is 2. The van der Waals surface area contributed by atoms with Crippen LogP contribution in [0.1, 0.15) is 194 Å². The number of unbranched alkanes of at least 4 members (excludes halogenated alkanes) is 16. The van der Waals surface area contributed by atoms with Gasteiger partial charge in [-0.2, -0.15) is 11.8 Å². The summed E-state index contributed by atoms with van der Waals surface area (Å²) in [4.78, 5) is 110. The maximum Gasteiger partial charge on any atom is 0.305 e. The van der Waals surface area contributed by atoms with Crippen LogP contribution < -0.4 is 16.4 Å². The zero-order valence-corrected chi connectivity index (χ0v) is 52.2. The zero-order valence-electron chi connectivity index (χ0n) is 51.4. The highest BCUT2D eigenvalue weighted by Crippen LogP contribution is 2.14. The number of Topliss-reactive ketones (excluding diaryl/α,β-unsaturated/α-hetero) is 5. The Morgan fingerprint density at radius 1 is 0.405 bits per heavy atom.